The normalized spacial score (nSPS) is 24.5. The SMILES string of the molecule is CC1C#CCCC(=S)C=N1. The molecule has 0 bridgehead atoms. The molecule has 0 radical (unpaired) electrons. The Morgan fingerprint density at radius 1 is 1.80 bits per heavy atom. The number of rotatable bonds is 0. The number of hydrogen-bond acceptors (Lipinski definition) is 2. The first kappa shape index (κ1) is 7.43. The third kappa shape index (κ3) is 2.28. The van der Waals surface area contributed by atoms with Crippen molar-refractivity contribution < 1.29 is 0 Å². The fourth-order valence-electron chi connectivity index (χ4n) is 0.702. The minimum Gasteiger partial charge on any atom is -0.276 e. The van der Waals surface area contributed by atoms with Gasteiger partial charge in [-0.2, -0.15) is 0 Å². The Balaban J connectivity index is 2.67. The second-order valence-electron chi connectivity index (χ2n) is 2.24. The minimum atomic E-state index is 0.123. The summed E-state index contributed by atoms with van der Waals surface area (Å²) in [7, 11) is 0. The molecule has 1 aliphatic rings. The van der Waals surface area contributed by atoms with Gasteiger partial charge in [0.15, 0.2) is 0 Å². The van der Waals surface area contributed by atoms with Gasteiger partial charge in [-0.05, 0) is 13.3 Å². The minimum absolute atomic E-state index is 0.123. The van der Waals surface area contributed by atoms with Crippen LogP contribution in [0.15, 0.2) is 4.99 Å². The standard InChI is InChI=1S/C8H9NS/c1-7-4-2-3-5-8(10)6-9-7/h6-7H,3,5H2,1H3. The van der Waals surface area contributed by atoms with E-state index in [-0.39, 0.29) is 6.04 Å². The van der Waals surface area contributed by atoms with Crippen molar-refractivity contribution in [1.29, 1.82) is 0 Å². The molecule has 0 N–H and O–H groups in total. The Morgan fingerprint density at radius 2 is 2.60 bits per heavy atom. The molecule has 1 heterocycles. The molecular formula is C8H9NS. The Kier molecular flexibility index (Phi) is 2.58. The summed E-state index contributed by atoms with van der Waals surface area (Å²) in [5, 5.41) is 0. The van der Waals surface area contributed by atoms with Gasteiger partial charge in [-0.15, -0.1) is 5.92 Å². The second-order valence-corrected chi connectivity index (χ2v) is 2.77. The molecule has 1 nitrogen and oxygen atoms in total. The highest BCUT2D eigenvalue weighted by molar-refractivity contribution is 7.81. The lowest BCUT2D eigenvalue weighted by Crippen LogP contribution is -2.02. The van der Waals surface area contributed by atoms with Gasteiger partial charge in [0.2, 0.25) is 0 Å². The smallest absolute Gasteiger partial charge is 0.108 e. The predicted molar refractivity (Wildman–Crippen MR) is 47.6 cm³/mol. The maximum absolute atomic E-state index is 4.99. The Labute approximate surface area is 66.5 Å². The highest BCUT2D eigenvalue weighted by Crippen LogP contribution is 1.96. The summed E-state index contributed by atoms with van der Waals surface area (Å²) in [6.07, 6.45) is 3.53. The van der Waals surface area contributed by atoms with Crippen molar-refractivity contribution in [2.24, 2.45) is 4.99 Å². The van der Waals surface area contributed by atoms with Crippen molar-refractivity contribution in [2.45, 2.75) is 25.8 Å². The van der Waals surface area contributed by atoms with Gasteiger partial charge in [-0.25, -0.2) is 0 Å². The van der Waals surface area contributed by atoms with Crippen LogP contribution in [0.2, 0.25) is 0 Å². The molecule has 0 saturated heterocycles. The average molecular weight is 151 g/mol. The maximum atomic E-state index is 4.99. The lowest BCUT2D eigenvalue weighted by molar-refractivity contribution is 0.959. The van der Waals surface area contributed by atoms with Crippen molar-refractivity contribution in [3.8, 4) is 11.8 Å². The molecule has 1 rings (SSSR count). The van der Waals surface area contributed by atoms with Crippen LogP contribution in [0.4, 0.5) is 0 Å². The van der Waals surface area contributed by atoms with Crippen LogP contribution in [0.25, 0.3) is 0 Å². The lowest BCUT2D eigenvalue weighted by Gasteiger charge is -1.99. The first-order chi connectivity index (χ1) is 4.79. The highest BCUT2D eigenvalue weighted by Gasteiger charge is 1.96. The zero-order valence-electron chi connectivity index (χ0n) is 5.92. The van der Waals surface area contributed by atoms with E-state index in [0.717, 1.165) is 17.7 Å². The number of hydrogen-bond donors (Lipinski definition) is 0. The van der Waals surface area contributed by atoms with Crippen LogP contribution in [0, 0.1) is 11.8 Å². The Morgan fingerprint density at radius 3 is 3.40 bits per heavy atom. The van der Waals surface area contributed by atoms with E-state index in [1.54, 1.807) is 6.21 Å². The van der Waals surface area contributed by atoms with Crippen molar-refractivity contribution in [2.75, 3.05) is 0 Å². The molecule has 2 heteroatoms. The van der Waals surface area contributed by atoms with Crippen LogP contribution in [-0.2, 0) is 0 Å². The molecule has 10 heavy (non-hydrogen) atoms. The molecule has 1 atom stereocenters. The molecule has 0 saturated carbocycles. The van der Waals surface area contributed by atoms with Gasteiger partial charge < -0.3 is 0 Å². The van der Waals surface area contributed by atoms with Gasteiger partial charge in [0.25, 0.3) is 0 Å². The monoisotopic (exact) mass is 151 g/mol. The Bertz CT molecular complexity index is 219. The van der Waals surface area contributed by atoms with Crippen LogP contribution in [-0.4, -0.2) is 17.1 Å². The molecule has 52 valence electrons. The third-order valence-corrected chi connectivity index (χ3v) is 1.56. The molecule has 0 aromatic heterocycles. The summed E-state index contributed by atoms with van der Waals surface area (Å²) in [5.41, 5.74) is 0. The average Bonchev–Trinajstić information content (AvgIpc) is 1.90. The fourth-order valence-corrected chi connectivity index (χ4v) is 0.865. The molecule has 0 spiro atoms. The summed E-state index contributed by atoms with van der Waals surface area (Å²) < 4.78 is 0. The van der Waals surface area contributed by atoms with Gasteiger partial charge in [0.05, 0.1) is 0 Å². The predicted octanol–water partition coefficient (Wildman–Crippen LogP) is 1.61. The van der Waals surface area contributed by atoms with Crippen molar-refractivity contribution >= 4 is 23.3 Å². The summed E-state index contributed by atoms with van der Waals surface area (Å²) in [4.78, 5) is 5.04. The second kappa shape index (κ2) is 3.48. The molecule has 0 aromatic rings. The quantitative estimate of drug-likeness (QED) is 0.378. The summed E-state index contributed by atoms with van der Waals surface area (Å²) >= 11 is 4.99. The van der Waals surface area contributed by atoms with Gasteiger partial charge in [-0.1, -0.05) is 18.1 Å². The summed E-state index contributed by atoms with van der Waals surface area (Å²) in [6, 6.07) is 0.123. The van der Waals surface area contributed by atoms with E-state index < -0.39 is 0 Å². The number of nitrogens with zero attached hydrogens (tertiary/aromatic N) is 1. The third-order valence-electron chi connectivity index (χ3n) is 1.25. The molecule has 1 unspecified atom stereocenters. The first-order valence-electron chi connectivity index (χ1n) is 3.33. The number of thiocarbonyl (C=S) groups is 1. The molecular weight excluding hydrogens is 142 g/mol. The van der Waals surface area contributed by atoms with E-state index in [2.05, 4.69) is 16.8 Å². The summed E-state index contributed by atoms with van der Waals surface area (Å²) in [5.74, 6) is 6.01. The number of aliphatic imine (C=N–C) groups is 1. The van der Waals surface area contributed by atoms with Crippen LogP contribution in [0.5, 0.6) is 0 Å². The zero-order chi connectivity index (χ0) is 7.40. The topological polar surface area (TPSA) is 12.4 Å². The highest BCUT2D eigenvalue weighted by atomic mass is 32.1. The van der Waals surface area contributed by atoms with E-state index in [1.807, 2.05) is 6.92 Å². The van der Waals surface area contributed by atoms with Crippen molar-refractivity contribution in [3.63, 3.8) is 0 Å². The van der Waals surface area contributed by atoms with Gasteiger partial charge >= 0.3 is 0 Å². The van der Waals surface area contributed by atoms with Crippen LogP contribution in [0.1, 0.15) is 19.8 Å². The fraction of sp³-hybridized carbons (Fsp3) is 0.500. The lowest BCUT2D eigenvalue weighted by atomic mass is 10.2. The van der Waals surface area contributed by atoms with Crippen LogP contribution < -0.4 is 0 Å². The van der Waals surface area contributed by atoms with E-state index in [4.69, 9.17) is 12.2 Å². The van der Waals surface area contributed by atoms with E-state index >= 15 is 0 Å². The largest absolute Gasteiger partial charge is 0.276 e. The van der Waals surface area contributed by atoms with E-state index in [1.165, 1.54) is 0 Å². The van der Waals surface area contributed by atoms with Crippen molar-refractivity contribution in [3.05, 3.63) is 0 Å². The molecule has 0 amide bonds. The van der Waals surface area contributed by atoms with E-state index in [9.17, 15) is 0 Å². The van der Waals surface area contributed by atoms with Gasteiger partial charge in [-0.3, -0.25) is 4.99 Å². The van der Waals surface area contributed by atoms with Crippen molar-refractivity contribution in [1.82, 2.24) is 0 Å². The molecule has 1 aliphatic heterocycles. The van der Waals surface area contributed by atoms with Gasteiger partial charge in [0, 0.05) is 17.5 Å². The molecule has 0 fully saturated rings. The Hall–Kier alpha value is -0.680. The summed E-state index contributed by atoms with van der Waals surface area (Å²) in [6.45, 7) is 1.97. The van der Waals surface area contributed by atoms with Crippen LogP contribution in [0.3, 0.4) is 0 Å². The molecule has 0 aromatic carbocycles. The first-order valence-corrected chi connectivity index (χ1v) is 3.74. The zero-order valence-corrected chi connectivity index (χ0v) is 6.74. The van der Waals surface area contributed by atoms with Crippen LogP contribution >= 0.6 is 12.2 Å². The molecule has 0 aliphatic carbocycles. The maximum Gasteiger partial charge on any atom is 0.108 e. The van der Waals surface area contributed by atoms with E-state index in [0.29, 0.717) is 0 Å². The van der Waals surface area contributed by atoms with Gasteiger partial charge in [0.1, 0.15) is 6.04 Å².